The molecule has 0 bridgehead atoms. The van der Waals surface area contributed by atoms with E-state index in [9.17, 15) is 0 Å². The van der Waals surface area contributed by atoms with Gasteiger partial charge in [0.2, 0.25) is 0 Å². The van der Waals surface area contributed by atoms with Gasteiger partial charge in [-0.15, -0.1) is 0 Å². The lowest BCUT2D eigenvalue weighted by atomic mass is 10.0. The molecule has 0 saturated heterocycles. The first kappa shape index (κ1) is 63.2. The zero-order valence-electron chi connectivity index (χ0n) is 59.0. The maximum atomic E-state index is 6.35. The smallest absolute Gasteiger partial charge is 0.136 e. The average molecular weight is 1380 g/mol. The second-order valence-electron chi connectivity index (χ2n) is 27.7. The normalized spacial score (nSPS) is 11.5. The van der Waals surface area contributed by atoms with Crippen LogP contribution in [-0.4, -0.2) is 9.13 Å². The number of benzene rings is 17. The minimum atomic E-state index is 0.881. The van der Waals surface area contributed by atoms with E-state index in [1.165, 1.54) is 54.7 Å². The molecular weight excluding hydrogens is 1310 g/mol. The zero-order chi connectivity index (χ0) is 71.4. The lowest BCUT2D eigenvalue weighted by Crippen LogP contribution is -2.10. The van der Waals surface area contributed by atoms with Crippen molar-refractivity contribution in [2.45, 2.75) is 0 Å². The Labute approximate surface area is 626 Å². The molecule has 508 valence electrons. The summed E-state index contributed by atoms with van der Waals surface area (Å²) in [6.07, 6.45) is 0. The van der Waals surface area contributed by atoms with E-state index in [1.54, 1.807) is 0 Å². The molecule has 17 aromatic carbocycles. The third kappa shape index (κ3) is 11.5. The highest BCUT2D eigenvalue weighted by atomic mass is 16.3. The van der Waals surface area contributed by atoms with Crippen molar-refractivity contribution in [2.24, 2.45) is 0 Å². The summed E-state index contributed by atoms with van der Waals surface area (Å²) in [5.41, 5.74) is 29.9. The average Bonchev–Trinajstić information content (AvgIpc) is 1.61. The van der Waals surface area contributed by atoms with Crippen LogP contribution in [0.3, 0.4) is 0 Å². The summed E-state index contributed by atoms with van der Waals surface area (Å²) in [5.74, 6) is 0. The minimum absolute atomic E-state index is 0.881. The van der Waals surface area contributed by atoms with Crippen molar-refractivity contribution < 1.29 is 4.42 Å². The molecule has 6 heteroatoms. The molecule has 3 aromatic heterocycles. The van der Waals surface area contributed by atoms with E-state index in [0.717, 1.165) is 129 Å². The zero-order valence-corrected chi connectivity index (χ0v) is 59.0. The highest BCUT2D eigenvalue weighted by molar-refractivity contribution is 6.12. The number of furan rings is 1. The van der Waals surface area contributed by atoms with Crippen LogP contribution in [0, 0.1) is 0 Å². The van der Waals surface area contributed by atoms with Crippen LogP contribution >= 0.6 is 0 Å². The van der Waals surface area contributed by atoms with Crippen molar-refractivity contribution in [1.29, 1.82) is 0 Å². The fourth-order valence-electron chi connectivity index (χ4n) is 16.0. The monoisotopic (exact) mass is 1380 g/mol. The first-order valence-corrected chi connectivity index (χ1v) is 36.9. The molecule has 0 aliphatic carbocycles. The molecule has 108 heavy (non-hydrogen) atoms. The van der Waals surface area contributed by atoms with Gasteiger partial charge in [-0.1, -0.05) is 231 Å². The molecule has 6 nitrogen and oxygen atoms in total. The number of hydrogen-bond acceptors (Lipinski definition) is 4. The Morgan fingerprint density at radius 1 is 0.157 bits per heavy atom. The van der Waals surface area contributed by atoms with Gasteiger partial charge in [-0.3, -0.25) is 0 Å². The fraction of sp³-hybridized carbons (Fsp3) is 0. The standard InChI is InChI=1S/C102H69N5O/c1-5-19-80(20-6-1)103(86-58-41-74(42-59-86)77-48-65-99-95(67-77)91-27-13-16-30-97(91)106(99)82-23-9-3-10-24-82)84-50-33-70(34-51-84)72-37-54-88(55-38-72)105(90-62-45-76(46-63-90)79-47-64-94-93-29-15-18-32-101(93)108-102(94)69-79)89-56-39-73(40-57-89)71-35-52-85(53-36-71)104(81-21-7-2-8-22-81)87-60-43-75(44-61-87)78-49-66-100-96(68-78)92-28-14-17-31-98(92)107(100)83-25-11-4-12-26-83/h1-69H. The molecule has 0 aliphatic rings. The van der Waals surface area contributed by atoms with E-state index in [0.29, 0.717) is 0 Å². The van der Waals surface area contributed by atoms with Gasteiger partial charge < -0.3 is 28.3 Å². The molecule has 0 N–H and O–H groups in total. The Balaban J connectivity index is 0.587. The van der Waals surface area contributed by atoms with Crippen molar-refractivity contribution in [3.8, 4) is 67.0 Å². The van der Waals surface area contributed by atoms with Crippen LogP contribution in [0.2, 0.25) is 0 Å². The van der Waals surface area contributed by atoms with Crippen molar-refractivity contribution in [2.75, 3.05) is 14.7 Å². The van der Waals surface area contributed by atoms with Gasteiger partial charge >= 0.3 is 0 Å². The van der Waals surface area contributed by atoms with E-state index in [4.69, 9.17) is 4.42 Å². The van der Waals surface area contributed by atoms with Crippen molar-refractivity contribution in [3.63, 3.8) is 0 Å². The quantitative estimate of drug-likeness (QED) is 0.0965. The Morgan fingerprint density at radius 2 is 0.398 bits per heavy atom. The highest BCUT2D eigenvalue weighted by Gasteiger charge is 2.21. The van der Waals surface area contributed by atoms with Crippen LogP contribution in [0.1, 0.15) is 0 Å². The van der Waals surface area contributed by atoms with Gasteiger partial charge in [0, 0.05) is 94.9 Å². The van der Waals surface area contributed by atoms with E-state index >= 15 is 0 Å². The summed E-state index contributed by atoms with van der Waals surface area (Å²) in [6, 6.07) is 151. The van der Waals surface area contributed by atoms with Crippen LogP contribution in [0.15, 0.2) is 423 Å². The van der Waals surface area contributed by atoms with Gasteiger partial charge in [-0.2, -0.15) is 0 Å². The number of nitrogens with zero attached hydrogens (tertiary/aromatic N) is 5. The van der Waals surface area contributed by atoms with Crippen molar-refractivity contribution in [1.82, 2.24) is 9.13 Å². The second kappa shape index (κ2) is 27.0. The summed E-state index contributed by atoms with van der Waals surface area (Å²) in [7, 11) is 0. The van der Waals surface area contributed by atoms with Gasteiger partial charge in [0.25, 0.3) is 0 Å². The van der Waals surface area contributed by atoms with Crippen LogP contribution in [0.25, 0.3) is 133 Å². The van der Waals surface area contributed by atoms with Gasteiger partial charge in [-0.05, 0) is 244 Å². The molecule has 0 spiro atoms. The number of fused-ring (bicyclic) bond motifs is 9. The number of anilines is 9. The van der Waals surface area contributed by atoms with E-state index < -0.39 is 0 Å². The number of hydrogen-bond donors (Lipinski definition) is 0. The molecule has 0 saturated carbocycles. The largest absolute Gasteiger partial charge is 0.456 e. The maximum absolute atomic E-state index is 6.35. The van der Waals surface area contributed by atoms with Gasteiger partial charge in [-0.25, -0.2) is 0 Å². The molecule has 20 rings (SSSR count). The Kier molecular flexibility index (Phi) is 15.8. The molecule has 20 aromatic rings. The molecule has 3 heterocycles. The van der Waals surface area contributed by atoms with Crippen LogP contribution in [0.4, 0.5) is 51.2 Å². The molecule has 0 unspecified atom stereocenters. The summed E-state index contributed by atoms with van der Waals surface area (Å²) in [6.45, 7) is 0. The third-order valence-corrected chi connectivity index (χ3v) is 21.3. The Bertz CT molecular complexity index is 6320. The van der Waals surface area contributed by atoms with E-state index in [1.807, 2.05) is 12.1 Å². The highest BCUT2D eigenvalue weighted by Crippen LogP contribution is 2.45. The second-order valence-corrected chi connectivity index (χ2v) is 27.7. The summed E-state index contributed by atoms with van der Waals surface area (Å²) in [4.78, 5) is 7.02. The fourth-order valence-corrected chi connectivity index (χ4v) is 16.0. The van der Waals surface area contributed by atoms with Gasteiger partial charge in [0.1, 0.15) is 11.2 Å². The predicted octanol–water partition coefficient (Wildman–Crippen LogP) is 28.5. The van der Waals surface area contributed by atoms with Gasteiger partial charge in [0.15, 0.2) is 0 Å². The minimum Gasteiger partial charge on any atom is -0.456 e. The summed E-state index contributed by atoms with van der Waals surface area (Å²) in [5, 5.41) is 7.20. The summed E-state index contributed by atoms with van der Waals surface area (Å²) < 4.78 is 11.1. The number of rotatable bonds is 16. The van der Waals surface area contributed by atoms with Crippen LogP contribution < -0.4 is 14.7 Å². The van der Waals surface area contributed by atoms with Crippen LogP contribution in [-0.2, 0) is 0 Å². The van der Waals surface area contributed by atoms with E-state index in [-0.39, 0.29) is 0 Å². The van der Waals surface area contributed by atoms with E-state index in [2.05, 4.69) is 430 Å². The lowest BCUT2D eigenvalue weighted by molar-refractivity contribution is 0.669. The topological polar surface area (TPSA) is 32.7 Å². The Morgan fingerprint density at radius 3 is 0.750 bits per heavy atom. The number of aromatic nitrogens is 2. The Hall–Kier alpha value is -14.5. The number of para-hydroxylation sites is 7. The summed E-state index contributed by atoms with van der Waals surface area (Å²) >= 11 is 0. The molecule has 0 atom stereocenters. The molecule has 0 fully saturated rings. The first-order valence-electron chi connectivity index (χ1n) is 36.9. The van der Waals surface area contributed by atoms with Crippen LogP contribution in [0.5, 0.6) is 0 Å². The maximum Gasteiger partial charge on any atom is 0.136 e. The third-order valence-electron chi connectivity index (χ3n) is 21.3. The van der Waals surface area contributed by atoms with Crippen molar-refractivity contribution in [3.05, 3.63) is 419 Å². The molecular formula is C102H69N5O. The predicted molar refractivity (Wildman–Crippen MR) is 454 cm³/mol. The SMILES string of the molecule is c1ccc(N(c2ccc(-c3ccc(N(c4ccc(-c5ccc(N(c6ccccc6)c6ccc(-c7ccc8c(c7)c7ccccc7n8-c7ccccc7)cc6)cc5)cc4)c4ccc(-c5ccc6c(c5)oc5ccccc56)cc4)cc3)cc2)c2ccc(-c3ccc4c(c3)c3ccccc3n4-c3ccccc3)cc2)cc1. The van der Waals surface area contributed by atoms with Gasteiger partial charge in [0.05, 0.1) is 22.1 Å². The first-order chi connectivity index (χ1) is 53.5. The van der Waals surface area contributed by atoms with Crippen molar-refractivity contribution >= 4 is 117 Å². The molecule has 0 aliphatic heterocycles. The molecule has 0 amide bonds. The molecule has 0 radical (unpaired) electrons. The lowest BCUT2D eigenvalue weighted by Gasteiger charge is -2.27.